The average molecular weight is 366 g/mol. The van der Waals surface area contributed by atoms with Gasteiger partial charge in [-0.2, -0.15) is 0 Å². The Kier molecular flexibility index (Phi) is 19.5. The van der Waals surface area contributed by atoms with E-state index in [0.717, 1.165) is 25.7 Å². The first-order valence-electron chi connectivity index (χ1n) is 11.1. The molecule has 0 aliphatic carbocycles. The van der Waals surface area contributed by atoms with Crippen molar-refractivity contribution in [3.8, 4) is 11.8 Å². The Morgan fingerprint density at radius 2 is 1.31 bits per heavy atom. The number of amides is 1. The van der Waals surface area contributed by atoms with Crippen LogP contribution in [0, 0.1) is 17.8 Å². The first kappa shape index (κ1) is 25.0. The van der Waals surface area contributed by atoms with Gasteiger partial charge in [-0.1, -0.05) is 64.7 Å². The van der Waals surface area contributed by atoms with Gasteiger partial charge in [-0.05, 0) is 38.0 Å². The van der Waals surface area contributed by atoms with Crippen LogP contribution in [0.4, 0.5) is 0 Å². The summed E-state index contributed by atoms with van der Waals surface area (Å²) >= 11 is 0. The molecule has 0 fully saturated rings. The van der Waals surface area contributed by atoms with Gasteiger partial charge in [0.1, 0.15) is 0 Å². The van der Waals surface area contributed by atoms with E-state index in [1.165, 1.54) is 77.0 Å². The summed E-state index contributed by atoms with van der Waals surface area (Å²) in [5.74, 6) is 6.94. The van der Waals surface area contributed by atoms with Crippen LogP contribution in [0.1, 0.15) is 116 Å². The Hall–Kier alpha value is -1.01. The summed E-state index contributed by atoms with van der Waals surface area (Å²) in [7, 11) is 0. The molecule has 0 radical (unpaired) electrons. The third-order valence-corrected chi connectivity index (χ3v) is 4.97. The molecular weight excluding hydrogens is 322 g/mol. The van der Waals surface area contributed by atoms with E-state index in [1.54, 1.807) is 0 Å². The Bertz CT molecular complexity index is 370. The number of aliphatic hydroxyl groups is 1. The lowest BCUT2D eigenvalue weighted by Gasteiger charge is -2.12. The molecule has 3 nitrogen and oxygen atoms in total. The molecule has 0 aliphatic rings. The van der Waals surface area contributed by atoms with E-state index in [1.807, 2.05) is 0 Å². The van der Waals surface area contributed by atoms with Crippen molar-refractivity contribution in [2.45, 2.75) is 116 Å². The van der Waals surface area contributed by atoms with E-state index in [0.29, 0.717) is 18.9 Å². The van der Waals surface area contributed by atoms with Gasteiger partial charge in [0.2, 0.25) is 5.91 Å². The second-order valence-corrected chi connectivity index (χ2v) is 7.58. The van der Waals surface area contributed by atoms with Gasteiger partial charge in [-0.15, -0.1) is 11.8 Å². The lowest BCUT2D eigenvalue weighted by atomic mass is 9.97. The number of hydrogen-bond donors (Lipinski definition) is 2. The fourth-order valence-corrected chi connectivity index (χ4v) is 3.31. The summed E-state index contributed by atoms with van der Waals surface area (Å²) in [6.45, 7) is 2.56. The second-order valence-electron chi connectivity index (χ2n) is 7.58. The van der Waals surface area contributed by atoms with Crippen LogP contribution in [-0.2, 0) is 4.79 Å². The Morgan fingerprint density at radius 1 is 0.808 bits per heavy atom. The highest BCUT2D eigenvalue weighted by atomic mass is 16.3. The lowest BCUT2D eigenvalue weighted by molar-refractivity contribution is -0.118. The quantitative estimate of drug-likeness (QED) is 0.240. The van der Waals surface area contributed by atoms with Crippen molar-refractivity contribution < 1.29 is 9.90 Å². The first-order chi connectivity index (χ1) is 12.7. The molecular formula is C23H43NO2. The van der Waals surface area contributed by atoms with E-state index >= 15 is 0 Å². The topological polar surface area (TPSA) is 63.3 Å². The Balaban J connectivity index is 3.24. The average Bonchev–Trinajstić information content (AvgIpc) is 2.63. The van der Waals surface area contributed by atoms with Crippen molar-refractivity contribution in [3.05, 3.63) is 0 Å². The first-order valence-corrected chi connectivity index (χ1v) is 11.1. The van der Waals surface area contributed by atoms with Crippen LogP contribution in [0.2, 0.25) is 0 Å². The van der Waals surface area contributed by atoms with Crippen LogP contribution in [0.3, 0.4) is 0 Å². The smallest absolute Gasteiger partial charge is 0.217 e. The number of hydrogen-bond acceptors (Lipinski definition) is 2. The van der Waals surface area contributed by atoms with Crippen molar-refractivity contribution >= 4 is 5.91 Å². The molecule has 1 unspecified atom stereocenters. The Labute approximate surface area is 162 Å². The number of carbonyl (C=O) groups excluding carboxylic acids is 1. The molecule has 152 valence electrons. The number of rotatable bonds is 18. The number of nitrogens with two attached hydrogens (primary N) is 1. The molecule has 0 aromatic carbocycles. The van der Waals surface area contributed by atoms with Gasteiger partial charge in [0.25, 0.3) is 0 Å². The summed E-state index contributed by atoms with van der Waals surface area (Å²) in [5, 5.41) is 9.27. The van der Waals surface area contributed by atoms with E-state index in [2.05, 4.69) is 18.8 Å². The van der Waals surface area contributed by atoms with Crippen LogP contribution in [0.15, 0.2) is 0 Å². The minimum atomic E-state index is -0.182. The minimum absolute atomic E-state index is 0.182. The third-order valence-electron chi connectivity index (χ3n) is 4.97. The zero-order chi connectivity index (χ0) is 19.3. The van der Waals surface area contributed by atoms with E-state index < -0.39 is 0 Å². The van der Waals surface area contributed by atoms with E-state index in [9.17, 15) is 9.90 Å². The second kappa shape index (κ2) is 20.3. The number of unbranched alkanes of at least 4 members (excludes halogenated alkanes) is 11. The molecule has 0 heterocycles. The van der Waals surface area contributed by atoms with Crippen LogP contribution < -0.4 is 5.73 Å². The van der Waals surface area contributed by atoms with Crippen LogP contribution in [-0.4, -0.2) is 17.6 Å². The molecule has 0 spiro atoms. The fraction of sp³-hybridized carbons (Fsp3) is 0.870. The van der Waals surface area contributed by atoms with Crippen molar-refractivity contribution in [1.82, 2.24) is 0 Å². The standard InChI is InChI=1S/C23H43NO2/c1-2-18-22(21-25)19-16-14-12-10-8-6-4-3-5-7-9-11-13-15-17-20-23(24)26/h22,25H,2,4,6-21H2,1H3,(H2,24,26). The number of primary amides is 1. The molecule has 0 bridgehead atoms. The molecule has 26 heavy (non-hydrogen) atoms. The lowest BCUT2D eigenvalue weighted by Crippen LogP contribution is -2.09. The molecule has 3 N–H and O–H groups in total. The third kappa shape index (κ3) is 19.3. The van der Waals surface area contributed by atoms with Gasteiger partial charge in [0.15, 0.2) is 0 Å². The van der Waals surface area contributed by atoms with Gasteiger partial charge in [0, 0.05) is 25.9 Å². The normalized spacial score (nSPS) is 11.8. The van der Waals surface area contributed by atoms with Gasteiger partial charge in [-0.3, -0.25) is 4.79 Å². The number of aliphatic hydroxyl groups excluding tert-OH is 1. The molecule has 0 aromatic rings. The van der Waals surface area contributed by atoms with Crippen molar-refractivity contribution in [2.75, 3.05) is 6.61 Å². The predicted octanol–water partition coefficient (Wildman–Crippen LogP) is 5.74. The molecule has 0 aliphatic heterocycles. The van der Waals surface area contributed by atoms with Gasteiger partial charge in [-0.25, -0.2) is 0 Å². The van der Waals surface area contributed by atoms with Crippen LogP contribution in [0.5, 0.6) is 0 Å². The molecule has 1 atom stereocenters. The summed E-state index contributed by atoms with van der Waals surface area (Å²) in [6.07, 6.45) is 19.5. The van der Waals surface area contributed by atoms with Gasteiger partial charge >= 0.3 is 0 Å². The van der Waals surface area contributed by atoms with Crippen molar-refractivity contribution in [2.24, 2.45) is 11.7 Å². The fourth-order valence-electron chi connectivity index (χ4n) is 3.31. The monoisotopic (exact) mass is 365 g/mol. The van der Waals surface area contributed by atoms with Crippen LogP contribution in [0.25, 0.3) is 0 Å². The largest absolute Gasteiger partial charge is 0.396 e. The van der Waals surface area contributed by atoms with E-state index in [4.69, 9.17) is 5.73 Å². The molecule has 3 heteroatoms. The molecule has 0 aromatic heterocycles. The number of carbonyl (C=O) groups is 1. The maximum atomic E-state index is 10.6. The molecule has 1 amide bonds. The van der Waals surface area contributed by atoms with E-state index in [-0.39, 0.29) is 5.91 Å². The highest BCUT2D eigenvalue weighted by molar-refractivity contribution is 5.73. The summed E-state index contributed by atoms with van der Waals surface area (Å²) in [6, 6.07) is 0. The highest BCUT2D eigenvalue weighted by Gasteiger charge is 2.05. The van der Waals surface area contributed by atoms with Gasteiger partial charge in [0.05, 0.1) is 0 Å². The maximum absolute atomic E-state index is 10.6. The predicted molar refractivity (Wildman–Crippen MR) is 112 cm³/mol. The summed E-state index contributed by atoms with van der Waals surface area (Å²) in [5.41, 5.74) is 5.11. The molecule has 0 rings (SSSR count). The minimum Gasteiger partial charge on any atom is -0.396 e. The van der Waals surface area contributed by atoms with Crippen molar-refractivity contribution in [3.63, 3.8) is 0 Å². The zero-order valence-corrected chi connectivity index (χ0v) is 17.2. The summed E-state index contributed by atoms with van der Waals surface area (Å²) < 4.78 is 0. The highest BCUT2D eigenvalue weighted by Crippen LogP contribution is 2.16. The maximum Gasteiger partial charge on any atom is 0.217 e. The molecule has 0 saturated carbocycles. The Morgan fingerprint density at radius 3 is 1.81 bits per heavy atom. The van der Waals surface area contributed by atoms with Crippen molar-refractivity contribution in [1.29, 1.82) is 0 Å². The van der Waals surface area contributed by atoms with Gasteiger partial charge < -0.3 is 10.8 Å². The zero-order valence-electron chi connectivity index (χ0n) is 17.2. The summed E-state index contributed by atoms with van der Waals surface area (Å²) in [4.78, 5) is 10.6. The SMILES string of the molecule is CCCC(CO)CCCCCCCCC#CCCCCCCCC(N)=O. The molecule has 0 saturated heterocycles. The van der Waals surface area contributed by atoms with Crippen LogP contribution >= 0.6 is 0 Å².